The maximum absolute atomic E-state index is 11.5. The van der Waals surface area contributed by atoms with Gasteiger partial charge in [-0.15, -0.1) is 0 Å². The molecule has 1 N–H and O–H groups in total. The number of nitrogens with zero attached hydrogens (tertiary/aromatic N) is 3. The van der Waals surface area contributed by atoms with Crippen LogP contribution in [0.25, 0.3) is 0 Å². The van der Waals surface area contributed by atoms with Crippen LogP contribution in [0, 0.1) is 6.92 Å². The van der Waals surface area contributed by atoms with Gasteiger partial charge in [-0.3, -0.25) is 4.79 Å². The molecule has 2 rings (SSSR count). The predicted molar refractivity (Wildman–Crippen MR) is 72.2 cm³/mol. The Labute approximate surface area is 115 Å². The molecular weight excluding hydrogens is 264 g/mol. The lowest BCUT2D eigenvalue weighted by Gasteiger charge is -2.06. The van der Waals surface area contributed by atoms with Crippen LogP contribution in [0.3, 0.4) is 0 Å². The lowest BCUT2D eigenvalue weighted by atomic mass is 10.2. The summed E-state index contributed by atoms with van der Waals surface area (Å²) in [6.07, 6.45) is 1.75. The van der Waals surface area contributed by atoms with Gasteiger partial charge in [0.1, 0.15) is 0 Å². The van der Waals surface area contributed by atoms with Crippen molar-refractivity contribution in [2.45, 2.75) is 44.0 Å². The van der Waals surface area contributed by atoms with Gasteiger partial charge in [0, 0.05) is 11.8 Å². The lowest BCUT2D eigenvalue weighted by molar-refractivity contribution is 0.376. The van der Waals surface area contributed by atoms with Gasteiger partial charge in [0.2, 0.25) is 5.89 Å². The van der Waals surface area contributed by atoms with Crippen LogP contribution in [-0.2, 0) is 6.42 Å². The van der Waals surface area contributed by atoms with Crippen molar-refractivity contribution in [3.8, 4) is 0 Å². The van der Waals surface area contributed by atoms with E-state index < -0.39 is 0 Å². The molecule has 0 unspecified atom stereocenters. The van der Waals surface area contributed by atoms with Gasteiger partial charge in [-0.1, -0.05) is 30.3 Å². The monoisotopic (exact) mass is 280 g/mol. The molecule has 2 aromatic rings. The Morgan fingerprint density at radius 1 is 1.47 bits per heavy atom. The van der Waals surface area contributed by atoms with Gasteiger partial charge in [-0.2, -0.15) is 4.98 Å². The van der Waals surface area contributed by atoms with E-state index in [-0.39, 0.29) is 10.8 Å². The Bertz CT molecular complexity index is 608. The summed E-state index contributed by atoms with van der Waals surface area (Å²) in [5, 5.41) is 4.28. The minimum Gasteiger partial charge on any atom is -0.338 e. The van der Waals surface area contributed by atoms with Gasteiger partial charge >= 0.3 is 0 Å². The summed E-state index contributed by atoms with van der Waals surface area (Å²) in [6.45, 7) is 5.76. The Balaban J connectivity index is 2.16. The van der Waals surface area contributed by atoms with Crippen molar-refractivity contribution in [1.82, 2.24) is 20.1 Å². The molecule has 7 heteroatoms. The first-order valence-corrected chi connectivity index (χ1v) is 7.03. The zero-order chi connectivity index (χ0) is 13.8. The molecule has 0 fully saturated rings. The van der Waals surface area contributed by atoms with E-state index in [0.717, 1.165) is 18.5 Å². The van der Waals surface area contributed by atoms with Gasteiger partial charge in [-0.25, -0.2) is 4.98 Å². The second-order valence-electron chi connectivity index (χ2n) is 4.23. The highest BCUT2D eigenvalue weighted by Gasteiger charge is 2.16. The van der Waals surface area contributed by atoms with Crippen molar-refractivity contribution >= 4 is 11.8 Å². The number of rotatable bonds is 5. The van der Waals surface area contributed by atoms with Crippen LogP contribution in [0.15, 0.2) is 20.5 Å². The molecule has 0 aliphatic rings. The highest BCUT2D eigenvalue weighted by molar-refractivity contribution is 7.99. The zero-order valence-electron chi connectivity index (χ0n) is 11.1. The van der Waals surface area contributed by atoms with E-state index in [2.05, 4.69) is 27.0 Å². The number of aromatic nitrogens is 4. The van der Waals surface area contributed by atoms with Crippen LogP contribution in [0.1, 0.15) is 42.9 Å². The van der Waals surface area contributed by atoms with Crippen LogP contribution >= 0.6 is 11.8 Å². The number of H-pyrrole nitrogens is 1. The molecule has 0 aromatic carbocycles. The first-order valence-electron chi connectivity index (χ1n) is 6.15. The Morgan fingerprint density at radius 2 is 2.26 bits per heavy atom. The number of hydrogen-bond acceptors (Lipinski definition) is 6. The molecule has 0 amide bonds. The smallest absolute Gasteiger partial charge is 0.251 e. The van der Waals surface area contributed by atoms with E-state index in [1.807, 2.05) is 6.92 Å². The molecule has 19 heavy (non-hydrogen) atoms. The molecule has 6 nitrogen and oxygen atoms in total. The predicted octanol–water partition coefficient (Wildman–Crippen LogP) is 2.27. The Morgan fingerprint density at radius 3 is 2.89 bits per heavy atom. The molecule has 0 saturated heterocycles. The summed E-state index contributed by atoms with van der Waals surface area (Å²) in [5.41, 5.74) is 0.678. The summed E-state index contributed by atoms with van der Waals surface area (Å²) in [6, 6.07) is 1.54. The van der Waals surface area contributed by atoms with E-state index in [1.54, 1.807) is 6.92 Å². The van der Waals surface area contributed by atoms with E-state index >= 15 is 0 Å². The second-order valence-corrected chi connectivity index (χ2v) is 5.56. The van der Waals surface area contributed by atoms with Crippen LogP contribution in [0.4, 0.5) is 0 Å². The molecule has 0 spiro atoms. The maximum Gasteiger partial charge on any atom is 0.251 e. The van der Waals surface area contributed by atoms with Crippen molar-refractivity contribution in [3.05, 3.63) is 33.8 Å². The Hall–Kier alpha value is -1.63. The van der Waals surface area contributed by atoms with Crippen LogP contribution in [0.5, 0.6) is 0 Å². The average molecular weight is 280 g/mol. The number of thioether (sulfide) groups is 1. The van der Waals surface area contributed by atoms with Gasteiger partial charge in [0.05, 0.1) is 5.25 Å². The van der Waals surface area contributed by atoms with Gasteiger partial charge in [0.15, 0.2) is 11.0 Å². The van der Waals surface area contributed by atoms with E-state index in [9.17, 15) is 4.79 Å². The fourth-order valence-corrected chi connectivity index (χ4v) is 2.48. The molecule has 0 aliphatic heterocycles. The standard InChI is InChI=1S/C12H16N4O2S/c1-4-5-9-6-10(17)15-12(14-9)19-7(2)11-13-8(3)16-18-11/h6-7H,4-5H2,1-3H3,(H,14,15,17)/t7-/m1/s1. The van der Waals surface area contributed by atoms with Crippen molar-refractivity contribution in [2.75, 3.05) is 0 Å². The molecule has 1 atom stereocenters. The van der Waals surface area contributed by atoms with Gasteiger partial charge < -0.3 is 9.51 Å². The summed E-state index contributed by atoms with van der Waals surface area (Å²) >= 11 is 1.40. The molecule has 0 aliphatic carbocycles. The van der Waals surface area contributed by atoms with Crippen LogP contribution < -0.4 is 5.56 Å². The van der Waals surface area contributed by atoms with Crippen molar-refractivity contribution in [1.29, 1.82) is 0 Å². The normalized spacial score (nSPS) is 12.6. The fourth-order valence-electron chi connectivity index (χ4n) is 1.62. The highest BCUT2D eigenvalue weighted by atomic mass is 32.2. The number of aromatic amines is 1. The first kappa shape index (κ1) is 13.8. The third-order valence-corrected chi connectivity index (χ3v) is 3.43. The van der Waals surface area contributed by atoms with E-state index in [1.165, 1.54) is 17.8 Å². The SMILES string of the molecule is CCCc1cc(=O)[nH]c(S[C@H](C)c2nc(C)no2)n1. The largest absolute Gasteiger partial charge is 0.338 e. The van der Waals surface area contributed by atoms with Crippen LogP contribution in [-0.4, -0.2) is 20.1 Å². The average Bonchev–Trinajstić information content (AvgIpc) is 2.75. The lowest BCUT2D eigenvalue weighted by Crippen LogP contribution is -2.10. The third-order valence-electron chi connectivity index (χ3n) is 2.46. The third kappa shape index (κ3) is 3.66. The number of nitrogens with one attached hydrogen (secondary N) is 1. The molecule has 2 heterocycles. The number of hydrogen-bond donors (Lipinski definition) is 1. The number of aryl methyl sites for hydroxylation is 2. The summed E-state index contributed by atoms with van der Waals surface area (Å²) in [7, 11) is 0. The minimum absolute atomic E-state index is 0.0544. The Kier molecular flexibility index (Phi) is 4.36. The summed E-state index contributed by atoms with van der Waals surface area (Å²) < 4.78 is 5.10. The molecular formula is C12H16N4O2S. The minimum atomic E-state index is -0.130. The molecule has 102 valence electrons. The molecule has 0 radical (unpaired) electrons. The molecule has 0 bridgehead atoms. The summed E-state index contributed by atoms with van der Waals surface area (Å²) in [5.74, 6) is 1.13. The maximum atomic E-state index is 11.5. The van der Waals surface area contributed by atoms with Crippen molar-refractivity contribution in [3.63, 3.8) is 0 Å². The highest BCUT2D eigenvalue weighted by Crippen LogP contribution is 2.31. The van der Waals surface area contributed by atoms with E-state index in [4.69, 9.17) is 4.52 Å². The van der Waals surface area contributed by atoms with Crippen molar-refractivity contribution in [2.24, 2.45) is 0 Å². The first-order chi connectivity index (χ1) is 9.08. The second kappa shape index (κ2) is 6.01. The quantitative estimate of drug-likeness (QED) is 0.668. The molecule has 0 saturated carbocycles. The zero-order valence-corrected chi connectivity index (χ0v) is 12.0. The topological polar surface area (TPSA) is 84.7 Å². The fraction of sp³-hybridized carbons (Fsp3) is 0.500. The summed E-state index contributed by atoms with van der Waals surface area (Å²) in [4.78, 5) is 22.9. The van der Waals surface area contributed by atoms with Gasteiger partial charge in [0.25, 0.3) is 5.56 Å². The van der Waals surface area contributed by atoms with Crippen LogP contribution in [0.2, 0.25) is 0 Å². The van der Waals surface area contributed by atoms with E-state index in [0.29, 0.717) is 16.9 Å². The molecule has 2 aromatic heterocycles. The van der Waals surface area contributed by atoms with Crippen molar-refractivity contribution < 1.29 is 4.52 Å². The van der Waals surface area contributed by atoms with Gasteiger partial charge in [-0.05, 0) is 20.3 Å².